The van der Waals surface area contributed by atoms with Crippen LogP contribution in [0.15, 0.2) is 0 Å². The summed E-state index contributed by atoms with van der Waals surface area (Å²) in [5.41, 5.74) is 0. The molecule has 2 radical (unpaired) electrons. The van der Waals surface area contributed by atoms with Gasteiger partial charge in [-0.05, 0) is 19.9 Å². The van der Waals surface area contributed by atoms with Gasteiger partial charge in [-0.25, -0.2) is 0 Å². The van der Waals surface area contributed by atoms with E-state index in [1.807, 2.05) is 11.8 Å². The van der Waals surface area contributed by atoms with Crippen molar-refractivity contribution in [1.29, 1.82) is 0 Å². The molecule has 1 saturated heterocycles. The van der Waals surface area contributed by atoms with Crippen LogP contribution < -0.4 is 0 Å². The highest BCUT2D eigenvalue weighted by Crippen LogP contribution is 2.35. The van der Waals surface area contributed by atoms with Crippen LogP contribution >= 0.6 is 19.3 Å². The van der Waals surface area contributed by atoms with Crippen LogP contribution in [0.4, 0.5) is 0 Å². The van der Waals surface area contributed by atoms with E-state index >= 15 is 0 Å². The Balaban J connectivity index is 2.78. The van der Waals surface area contributed by atoms with Crippen LogP contribution in [0.5, 0.6) is 0 Å². The van der Waals surface area contributed by atoms with E-state index < -0.39 is 6.10 Å². The number of ketones is 1. The maximum absolute atomic E-state index is 11.7. The smallest absolute Gasteiger partial charge is 0.146 e. The molecule has 1 heterocycles. The van der Waals surface area contributed by atoms with Crippen LogP contribution in [-0.2, 0) is 8.98 Å². The Bertz CT molecular complexity index is 300. The topological polar surface area (TPSA) is 70.0 Å². The molecule has 1 rings (SSSR count). The molecule has 2 N–H and O–H groups in total. The summed E-state index contributed by atoms with van der Waals surface area (Å²) >= 11 is 1.19. The summed E-state index contributed by atoms with van der Waals surface area (Å²) in [4.78, 5) is 13.7. The largest absolute Gasteiger partial charge is 0.394 e. The van der Waals surface area contributed by atoms with Crippen LogP contribution in [0.3, 0.4) is 0 Å². The quantitative estimate of drug-likeness (QED) is 0.292. The normalized spacial score (nSPS) is 30.2. The Morgan fingerprint density at radius 1 is 1.68 bits per heavy atom. The zero-order valence-electron chi connectivity index (χ0n) is 11.3. The molecule has 0 bridgehead atoms. The number of aliphatic hydroxyl groups excluding tert-OH is 2. The number of Topliss-reactive ketones (excluding diaryl/α,β-unsaturated/α-hetero) is 1. The Morgan fingerprint density at radius 3 is 2.84 bits per heavy atom. The predicted molar refractivity (Wildman–Crippen MR) is 79.4 cm³/mol. The lowest BCUT2D eigenvalue weighted by Gasteiger charge is -2.32. The fourth-order valence-electron chi connectivity index (χ4n) is 2.84. The lowest BCUT2D eigenvalue weighted by atomic mass is 9.95. The summed E-state index contributed by atoms with van der Waals surface area (Å²) in [6.07, 6.45) is -0.206. The monoisotopic (exact) mass is 305 g/mol. The third-order valence-electron chi connectivity index (χ3n) is 3.60. The molecule has 5 nitrogen and oxygen atoms in total. The minimum Gasteiger partial charge on any atom is -0.394 e. The number of likely N-dealkylation sites (N-methyl/N-ethyl adjacent to an activating group) is 1. The van der Waals surface area contributed by atoms with Crippen molar-refractivity contribution in [2.75, 3.05) is 19.8 Å². The van der Waals surface area contributed by atoms with Gasteiger partial charge in [0.2, 0.25) is 0 Å². The lowest BCUT2D eigenvalue weighted by Crippen LogP contribution is -2.48. The first-order chi connectivity index (χ1) is 9.06. The highest BCUT2D eigenvalue weighted by Gasteiger charge is 2.45. The summed E-state index contributed by atoms with van der Waals surface area (Å²) in [5, 5.41) is 19.2. The second kappa shape index (κ2) is 8.60. The zero-order chi connectivity index (χ0) is 14.4. The first-order valence-corrected chi connectivity index (χ1v) is 8.90. The molecule has 0 spiro atoms. The number of hydrogen-bond acceptors (Lipinski definition) is 6. The average Bonchev–Trinajstić information content (AvgIpc) is 2.77. The Hall–Kier alpha value is 0.355. The van der Waals surface area contributed by atoms with Gasteiger partial charge < -0.3 is 14.4 Å². The van der Waals surface area contributed by atoms with Crippen molar-refractivity contribution in [3.05, 3.63) is 0 Å². The number of hydrogen-bond donors (Lipinski definition) is 2. The highest BCUT2D eigenvalue weighted by atomic mass is 32.7. The molecular formula is C11H21BNO4PS. The third-order valence-corrected chi connectivity index (χ3v) is 4.59. The van der Waals surface area contributed by atoms with E-state index in [1.54, 1.807) is 6.92 Å². The Kier molecular flexibility index (Phi) is 7.88. The van der Waals surface area contributed by atoms with E-state index in [1.165, 1.54) is 11.7 Å². The summed E-state index contributed by atoms with van der Waals surface area (Å²) in [7, 11) is 5.53. The van der Waals surface area contributed by atoms with Crippen molar-refractivity contribution in [3.63, 3.8) is 0 Å². The number of carbonyl (C=O) groups excluding carboxylic acids is 1. The molecule has 108 valence electrons. The van der Waals surface area contributed by atoms with Crippen LogP contribution in [0, 0.1) is 5.92 Å². The molecule has 0 aliphatic carbocycles. The van der Waals surface area contributed by atoms with E-state index in [9.17, 15) is 15.0 Å². The fourth-order valence-corrected chi connectivity index (χ4v) is 3.56. The maximum atomic E-state index is 11.7. The van der Waals surface area contributed by atoms with Gasteiger partial charge >= 0.3 is 0 Å². The van der Waals surface area contributed by atoms with E-state index in [-0.39, 0.29) is 38.1 Å². The second-order valence-electron chi connectivity index (χ2n) is 4.68. The van der Waals surface area contributed by atoms with E-state index in [4.69, 9.17) is 11.7 Å². The van der Waals surface area contributed by atoms with Gasteiger partial charge in [-0.3, -0.25) is 9.69 Å². The van der Waals surface area contributed by atoms with Gasteiger partial charge in [0.25, 0.3) is 0 Å². The first kappa shape index (κ1) is 17.4. The van der Waals surface area contributed by atoms with Gasteiger partial charge in [-0.15, -0.1) is 0 Å². The van der Waals surface area contributed by atoms with Crippen LogP contribution in [0.2, 0.25) is 0 Å². The van der Waals surface area contributed by atoms with Crippen molar-refractivity contribution in [2.45, 2.75) is 38.5 Å². The van der Waals surface area contributed by atoms with Gasteiger partial charge in [0, 0.05) is 23.6 Å². The van der Waals surface area contributed by atoms with Crippen molar-refractivity contribution < 1.29 is 19.2 Å². The van der Waals surface area contributed by atoms with Gasteiger partial charge in [-0.2, -0.15) is 0 Å². The van der Waals surface area contributed by atoms with Crippen molar-refractivity contribution >= 4 is 32.7 Å². The molecule has 0 aromatic heterocycles. The van der Waals surface area contributed by atoms with Gasteiger partial charge in [0.05, 0.1) is 25.4 Å². The second-order valence-corrected chi connectivity index (χ2v) is 6.52. The number of nitrogens with zero attached hydrogens (tertiary/aromatic N) is 1. The fraction of sp³-hybridized carbons (Fsp3) is 0.909. The minimum absolute atomic E-state index is 0.0276. The van der Waals surface area contributed by atoms with E-state index in [0.29, 0.717) is 19.6 Å². The SMILES string of the molecule is [B]PSOCC1CC(C(C)=O)N(CC)C1C(O)CO. The molecule has 0 amide bonds. The van der Waals surface area contributed by atoms with Crippen LogP contribution in [-0.4, -0.2) is 66.4 Å². The first-order valence-electron chi connectivity index (χ1n) is 6.35. The summed E-state index contributed by atoms with van der Waals surface area (Å²) in [6, 6.07) is -0.444. The third kappa shape index (κ3) is 4.41. The van der Waals surface area contributed by atoms with E-state index in [2.05, 4.69) is 0 Å². The van der Waals surface area contributed by atoms with E-state index in [0.717, 1.165) is 0 Å². The zero-order valence-corrected chi connectivity index (χ0v) is 13.1. The molecule has 8 heteroatoms. The molecule has 0 aromatic rings. The summed E-state index contributed by atoms with van der Waals surface area (Å²) in [6.45, 7) is 4.29. The molecule has 0 saturated carbocycles. The molecule has 19 heavy (non-hydrogen) atoms. The van der Waals surface area contributed by atoms with Crippen LogP contribution in [0.1, 0.15) is 20.3 Å². The lowest BCUT2D eigenvalue weighted by molar-refractivity contribution is -0.122. The molecule has 5 atom stereocenters. The van der Waals surface area contributed by atoms with Gasteiger partial charge in [0.1, 0.15) is 13.3 Å². The number of rotatable bonds is 8. The maximum Gasteiger partial charge on any atom is 0.146 e. The predicted octanol–water partition coefficient (Wildman–Crippen LogP) is 0.349. The minimum atomic E-state index is -0.858. The average molecular weight is 305 g/mol. The summed E-state index contributed by atoms with van der Waals surface area (Å²) in [5.74, 6) is 0.118. The van der Waals surface area contributed by atoms with Crippen LogP contribution in [0.25, 0.3) is 0 Å². The number of aliphatic hydroxyl groups is 2. The standard InChI is InChI=1S/C11H21BNO4PS/c1-3-13-9(7(2)15)4-8(6-17-19-18-12)11(13)10(16)5-14/h8-11,14,16,18H,3-6H2,1-2H3. The van der Waals surface area contributed by atoms with Crippen molar-refractivity contribution in [2.24, 2.45) is 5.92 Å². The molecule has 5 unspecified atom stereocenters. The highest BCUT2D eigenvalue weighted by molar-refractivity contribution is 8.53. The molecular weight excluding hydrogens is 284 g/mol. The van der Waals surface area contributed by atoms with Gasteiger partial charge in [-0.1, -0.05) is 14.6 Å². The molecule has 1 aliphatic rings. The molecule has 1 fully saturated rings. The molecule has 1 aliphatic heterocycles. The summed E-state index contributed by atoms with van der Waals surface area (Å²) < 4.78 is 5.39. The molecule has 0 aromatic carbocycles. The van der Waals surface area contributed by atoms with Gasteiger partial charge in [0.15, 0.2) is 0 Å². The number of carbonyl (C=O) groups is 1. The number of likely N-dealkylation sites (tertiary alicyclic amines) is 1. The van der Waals surface area contributed by atoms with Crippen molar-refractivity contribution in [3.8, 4) is 0 Å². The van der Waals surface area contributed by atoms with Crippen molar-refractivity contribution in [1.82, 2.24) is 4.90 Å². The Labute approximate surface area is 121 Å². The Morgan fingerprint density at radius 2 is 2.37 bits per heavy atom.